The van der Waals surface area contributed by atoms with Gasteiger partial charge >= 0.3 is 0 Å². The lowest BCUT2D eigenvalue weighted by Crippen LogP contribution is -2.06. The van der Waals surface area contributed by atoms with E-state index in [1.807, 2.05) is 73.1 Å². The summed E-state index contributed by atoms with van der Waals surface area (Å²) in [6, 6.07) is 45.9. The van der Waals surface area contributed by atoms with Crippen LogP contribution in [0.1, 0.15) is 0 Å². The number of pyridine rings is 1. The summed E-state index contributed by atoms with van der Waals surface area (Å²) in [5.41, 5.74) is 7.28. The molecule has 0 N–H and O–H groups in total. The molecule has 4 aromatic heterocycles. The van der Waals surface area contributed by atoms with E-state index in [1.54, 1.807) is 0 Å². The first-order chi connectivity index (χ1) is 21.8. The zero-order valence-corrected chi connectivity index (χ0v) is 23.5. The molecule has 0 atom stereocenters. The van der Waals surface area contributed by atoms with Crippen LogP contribution in [0.5, 0.6) is 0 Å². The molecule has 9 aromatic rings. The van der Waals surface area contributed by atoms with E-state index < -0.39 is 0 Å². The monoisotopic (exact) mass is 564 g/mol. The highest BCUT2D eigenvalue weighted by Gasteiger charge is 2.22. The van der Waals surface area contributed by atoms with Gasteiger partial charge in [0, 0.05) is 50.8 Å². The first-order valence-corrected chi connectivity index (χ1v) is 14.6. The molecule has 0 aliphatic rings. The van der Waals surface area contributed by atoms with Gasteiger partial charge in [0.2, 0.25) is 5.95 Å². The molecule has 6 heteroatoms. The van der Waals surface area contributed by atoms with Crippen LogP contribution < -0.4 is 0 Å². The van der Waals surface area contributed by atoms with Crippen LogP contribution in [0.4, 0.5) is 0 Å². The van der Waals surface area contributed by atoms with Crippen LogP contribution in [-0.4, -0.2) is 29.1 Å². The molecule has 9 rings (SSSR count). The number of para-hydroxylation sites is 2. The second-order valence-corrected chi connectivity index (χ2v) is 10.8. The molecule has 0 bridgehead atoms. The van der Waals surface area contributed by atoms with Gasteiger partial charge in [-0.15, -0.1) is 0 Å². The number of hydrogen-bond acceptors (Lipinski definition) is 4. The fourth-order valence-electron chi connectivity index (χ4n) is 6.39. The molecule has 44 heavy (non-hydrogen) atoms. The lowest BCUT2D eigenvalue weighted by Gasteiger charge is -2.11. The van der Waals surface area contributed by atoms with Crippen molar-refractivity contribution in [3.63, 3.8) is 0 Å². The van der Waals surface area contributed by atoms with Gasteiger partial charge < -0.3 is 4.57 Å². The van der Waals surface area contributed by atoms with Crippen LogP contribution in [0.2, 0.25) is 0 Å². The molecular formula is C38H24N6. The highest BCUT2D eigenvalue weighted by molar-refractivity contribution is 6.26. The first-order valence-electron chi connectivity index (χ1n) is 14.6. The Labute approximate surface area is 252 Å². The van der Waals surface area contributed by atoms with Gasteiger partial charge in [-0.3, -0.25) is 9.55 Å². The standard InChI is InChI=1S/C38H24N6/c1-3-11-25(12-4-1)36-40-37(26-13-5-2-6-14-26)42-38(41-36)44-31-17-9-7-15-28(31)29-19-20-33-34(35(29)44)30-16-8-10-18-32(30)43(33)27-21-23-39-24-22-27/h1-24H. The van der Waals surface area contributed by atoms with Gasteiger partial charge in [0.15, 0.2) is 11.6 Å². The molecule has 0 amide bonds. The van der Waals surface area contributed by atoms with Gasteiger partial charge in [0.1, 0.15) is 0 Å². The van der Waals surface area contributed by atoms with Crippen molar-refractivity contribution in [2.75, 3.05) is 0 Å². The molecule has 5 aromatic carbocycles. The molecule has 206 valence electrons. The molecule has 0 spiro atoms. The average Bonchev–Trinajstić information content (AvgIpc) is 3.62. The van der Waals surface area contributed by atoms with Crippen LogP contribution in [0.15, 0.2) is 146 Å². The SMILES string of the molecule is c1ccc(-c2nc(-c3ccccc3)nc(-n3c4ccccc4c4ccc5c(c6ccccc6n5-c5ccncc5)c43)n2)cc1. The predicted molar refractivity (Wildman–Crippen MR) is 177 cm³/mol. The summed E-state index contributed by atoms with van der Waals surface area (Å²) in [4.78, 5) is 19.5. The lowest BCUT2D eigenvalue weighted by atomic mass is 10.1. The summed E-state index contributed by atoms with van der Waals surface area (Å²) in [6.45, 7) is 0. The van der Waals surface area contributed by atoms with Crippen LogP contribution >= 0.6 is 0 Å². The number of nitrogens with zero attached hydrogens (tertiary/aromatic N) is 6. The number of hydrogen-bond donors (Lipinski definition) is 0. The lowest BCUT2D eigenvalue weighted by molar-refractivity contribution is 0.955. The molecule has 4 heterocycles. The maximum absolute atomic E-state index is 5.15. The van der Waals surface area contributed by atoms with Crippen LogP contribution in [0, 0.1) is 0 Å². The highest BCUT2D eigenvalue weighted by atomic mass is 15.2. The first kappa shape index (κ1) is 24.5. The third-order valence-electron chi connectivity index (χ3n) is 8.28. The summed E-state index contributed by atoms with van der Waals surface area (Å²) in [7, 11) is 0. The summed E-state index contributed by atoms with van der Waals surface area (Å²) < 4.78 is 4.53. The summed E-state index contributed by atoms with van der Waals surface area (Å²) in [5.74, 6) is 1.84. The number of aromatic nitrogens is 6. The molecule has 0 aliphatic carbocycles. The van der Waals surface area contributed by atoms with E-state index in [9.17, 15) is 0 Å². The van der Waals surface area contributed by atoms with Crippen molar-refractivity contribution in [2.45, 2.75) is 0 Å². The van der Waals surface area contributed by atoms with Crippen molar-refractivity contribution in [1.29, 1.82) is 0 Å². The summed E-state index contributed by atoms with van der Waals surface area (Å²) in [5, 5.41) is 4.60. The van der Waals surface area contributed by atoms with Crippen molar-refractivity contribution in [3.05, 3.63) is 146 Å². The second-order valence-electron chi connectivity index (χ2n) is 10.8. The smallest absolute Gasteiger partial charge is 0.238 e. The van der Waals surface area contributed by atoms with Gasteiger partial charge in [0.25, 0.3) is 0 Å². The minimum Gasteiger partial charge on any atom is -0.309 e. The molecule has 0 unspecified atom stereocenters. The molecule has 0 aliphatic heterocycles. The third-order valence-corrected chi connectivity index (χ3v) is 8.28. The van der Waals surface area contributed by atoms with Crippen molar-refractivity contribution in [2.24, 2.45) is 0 Å². The van der Waals surface area contributed by atoms with Crippen LogP contribution in [0.3, 0.4) is 0 Å². The van der Waals surface area contributed by atoms with Gasteiger partial charge in [-0.25, -0.2) is 4.98 Å². The topological polar surface area (TPSA) is 61.4 Å². The Bertz CT molecular complexity index is 2420. The van der Waals surface area contributed by atoms with Gasteiger partial charge in [-0.1, -0.05) is 103 Å². The van der Waals surface area contributed by atoms with E-state index in [0.29, 0.717) is 17.6 Å². The second kappa shape index (κ2) is 9.71. The quantitative estimate of drug-likeness (QED) is 0.214. The van der Waals surface area contributed by atoms with Crippen molar-refractivity contribution in [3.8, 4) is 34.4 Å². The summed E-state index contributed by atoms with van der Waals surface area (Å²) >= 11 is 0. The molecule has 0 fully saturated rings. The average molecular weight is 565 g/mol. The maximum Gasteiger partial charge on any atom is 0.238 e. The van der Waals surface area contributed by atoms with Crippen molar-refractivity contribution in [1.82, 2.24) is 29.1 Å². The van der Waals surface area contributed by atoms with E-state index >= 15 is 0 Å². The van der Waals surface area contributed by atoms with Gasteiger partial charge in [-0.2, -0.15) is 9.97 Å². The largest absolute Gasteiger partial charge is 0.309 e. The number of fused-ring (bicyclic) bond motifs is 7. The normalized spacial score (nSPS) is 11.6. The van der Waals surface area contributed by atoms with Gasteiger partial charge in [-0.05, 0) is 30.3 Å². The van der Waals surface area contributed by atoms with Crippen molar-refractivity contribution >= 4 is 43.6 Å². The molecule has 6 nitrogen and oxygen atoms in total. The number of benzene rings is 5. The van der Waals surface area contributed by atoms with Gasteiger partial charge in [0.05, 0.1) is 22.1 Å². The molecule has 0 radical (unpaired) electrons. The Morgan fingerprint density at radius 3 is 1.64 bits per heavy atom. The Hall–Kier alpha value is -6.14. The van der Waals surface area contributed by atoms with E-state index in [2.05, 4.69) is 86.9 Å². The zero-order chi connectivity index (χ0) is 29.0. The van der Waals surface area contributed by atoms with Crippen LogP contribution in [0.25, 0.3) is 78.0 Å². The number of rotatable bonds is 4. The van der Waals surface area contributed by atoms with E-state index in [1.165, 1.54) is 0 Å². The van der Waals surface area contributed by atoms with E-state index in [0.717, 1.165) is 60.4 Å². The van der Waals surface area contributed by atoms with Crippen molar-refractivity contribution < 1.29 is 0 Å². The maximum atomic E-state index is 5.15. The third kappa shape index (κ3) is 3.68. The predicted octanol–water partition coefficient (Wildman–Crippen LogP) is 8.79. The Balaban J connectivity index is 1.46. The minimum absolute atomic E-state index is 0.581. The molecular weight excluding hydrogens is 540 g/mol. The minimum atomic E-state index is 0.581. The molecule has 0 saturated carbocycles. The fraction of sp³-hybridized carbons (Fsp3) is 0. The Morgan fingerprint density at radius 1 is 0.409 bits per heavy atom. The zero-order valence-electron chi connectivity index (χ0n) is 23.5. The Morgan fingerprint density at radius 2 is 0.977 bits per heavy atom. The summed E-state index contributed by atoms with van der Waals surface area (Å²) in [6.07, 6.45) is 3.68. The van der Waals surface area contributed by atoms with Crippen LogP contribution in [-0.2, 0) is 0 Å². The Kier molecular flexibility index (Phi) is 5.40. The van der Waals surface area contributed by atoms with E-state index in [-0.39, 0.29) is 0 Å². The molecule has 0 saturated heterocycles. The highest BCUT2D eigenvalue weighted by Crippen LogP contribution is 2.41. The fourth-order valence-corrected chi connectivity index (χ4v) is 6.39. The van der Waals surface area contributed by atoms with E-state index in [4.69, 9.17) is 15.0 Å².